The summed E-state index contributed by atoms with van der Waals surface area (Å²) in [4.78, 5) is 2.89. The van der Waals surface area contributed by atoms with Crippen molar-refractivity contribution in [2.24, 2.45) is 0 Å². The average molecular weight is 275 g/mol. The number of nitrogens with one attached hydrogen (secondary N) is 1. The summed E-state index contributed by atoms with van der Waals surface area (Å²) in [6.07, 6.45) is 5.92. The Balaban J connectivity index is 1.77. The van der Waals surface area contributed by atoms with Crippen LogP contribution in [0.25, 0.3) is 0 Å². The summed E-state index contributed by atoms with van der Waals surface area (Å²) < 4.78 is 0. The van der Waals surface area contributed by atoms with Crippen LogP contribution in [0, 0.1) is 0 Å². The first-order valence-corrected chi connectivity index (χ1v) is 8.44. The van der Waals surface area contributed by atoms with E-state index in [0.29, 0.717) is 6.04 Å². The van der Waals surface area contributed by atoms with Crippen LogP contribution in [0.1, 0.15) is 29.3 Å². The van der Waals surface area contributed by atoms with Gasteiger partial charge in [-0.15, -0.1) is 23.1 Å². The Hall–Kier alpha value is -0.930. The minimum Gasteiger partial charge on any atom is -0.378 e. The summed E-state index contributed by atoms with van der Waals surface area (Å²) in [7, 11) is 0. The standard InChI is InChI=1S/C15H17NS2/c1-17-12-7-5-11(6-8-12)16-14-3-2-4-15-13(14)9-10-18-15/h5-10,14,16H,2-4H2,1H3. The highest BCUT2D eigenvalue weighted by molar-refractivity contribution is 7.98. The van der Waals surface area contributed by atoms with Gasteiger partial charge in [0.1, 0.15) is 0 Å². The first-order valence-electron chi connectivity index (χ1n) is 6.33. The molecule has 1 aliphatic carbocycles. The predicted octanol–water partition coefficient (Wildman–Crippen LogP) is 4.96. The van der Waals surface area contributed by atoms with E-state index < -0.39 is 0 Å². The number of fused-ring (bicyclic) bond motifs is 1. The van der Waals surface area contributed by atoms with E-state index in [1.54, 1.807) is 16.6 Å². The van der Waals surface area contributed by atoms with E-state index in [4.69, 9.17) is 0 Å². The third-order valence-electron chi connectivity index (χ3n) is 3.48. The Morgan fingerprint density at radius 2 is 2.06 bits per heavy atom. The molecule has 1 nitrogen and oxygen atoms in total. The van der Waals surface area contributed by atoms with Crippen molar-refractivity contribution in [2.45, 2.75) is 30.2 Å². The van der Waals surface area contributed by atoms with Gasteiger partial charge in [0.2, 0.25) is 0 Å². The fourth-order valence-corrected chi connectivity index (χ4v) is 3.92. The smallest absolute Gasteiger partial charge is 0.0524 e. The Bertz CT molecular complexity index is 516. The summed E-state index contributed by atoms with van der Waals surface area (Å²) in [6, 6.07) is 11.5. The minimum absolute atomic E-state index is 0.500. The van der Waals surface area contributed by atoms with Gasteiger partial charge in [-0.3, -0.25) is 0 Å². The highest BCUT2D eigenvalue weighted by Gasteiger charge is 2.20. The van der Waals surface area contributed by atoms with E-state index in [-0.39, 0.29) is 0 Å². The lowest BCUT2D eigenvalue weighted by atomic mass is 9.94. The molecule has 0 bridgehead atoms. The molecule has 0 radical (unpaired) electrons. The van der Waals surface area contributed by atoms with E-state index in [1.165, 1.54) is 35.4 Å². The van der Waals surface area contributed by atoms with Crippen molar-refractivity contribution in [1.82, 2.24) is 0 Å². The van der Waals surface area contributed by atoms with Crippen LogP contribution in [0.15, 0.2) is 40.6 Å². The molecular weight excluding hydrogens is 258 g/mol. The zero-order valence-electron chi connectivity index (χ0n) is 10.5. The zero-order chi connectivity index (χ0) is 12.4. The van der Waals surface area contributed by atoms with Crippen LogP contribution >= 0.6 is 23.1 Å². The second-order valence-corrected chi connectivity index (χ2v) is 6.50. The maximum Gasteiger partial charge on any atom is 0.0524 e. The fraction of sp³-hybridized carbons (Fsp3) is 0.333. The predicted molar refractivity (Wildman–Crippen MR) is 81.8 cm³/mol. The molecule has 0 amide bonds. The monoisotopic (exact) mass is 275 g/mol. The van der Waals surface area contributed by atoms with E-state index in [0.717, 1.165) is 0 Å². The van der Waals surface area contributed by atoms with Gasteiger partial charge in [-0.1, -0.05) is 0 Å². The molecule has 1 aromatic heterocycles. The van der Waals surface area contributed by atoms with Crippen LogP contribution < -0.4 is 5.32 Å². The molecular formula is C15H17NS2. The quantitative estimate of drug-likeness (QED) is 0.795. The molecule has 0 spiro atoms. The van der Waals surface area contributed by atoms with E-state index in [2.05, 4.69) is 47.3 Å². The second-order valence-electron chi connectivity index (χ2n) is 4.62. The van der Waals surface area contributed by atoms with Crippen LogP contribution in [-0.4, -0.2) is 6.26 Å². The van der Waals surface area contributed by atoms with E-state index in [1.807, 2.05) is 11.3 Å². The van der Waals surface area contributed by atoms with Crippen molar-refractivity contribution >= 4 is 28.8 Å². The molecule has 1 heterocycles. The van der Waals surface area contributed by atoms with E-state index in [9.17, 15) is 0 Å². The summed E-state index contributed by atoms with van der Waals surface area (Å²) >= 11 is 3.69. The van der Waals surface area contributed by atoms with Crippen molar-refractivity contribution in [3.8, 4) is 0 Å². The van der Waals surface area contributed by atoms with Gasteiger partial charge in [-0.05, 0) is 66.8 Å². The lowest BCUT2D eigenvalue weighted by Crippen LogP contribution is -2.15. The lowest BCUT2D eigenvalue weighted by Gasteiger charge is -2.24. The normalized spacial score (nSPS) is 18.4. The Morgan fingerprint density at radius 3 is 2.83 bits per heavy atom. The fourth-order valence-electron chi connectivity index (χ4n) is 2.52. The number of rotatable bonds is 3. The third-order valence-corrected chi connectivity index (χ3v) is 5.22. The number of thiophene rings is 1. The summed E-state index contributed by atoms with van der Waals surface area (Å²) in [5.74, 6) is 0. The van der Waals surface area contributed by atoms with E-state index >= 15 is 0 Å². The number of aryl methyl sites for hydroxylation is 1. The topological polar surface area (TPSA) is 12.0 Å². The van der Waals surface area contributed by atoms with Crippen LogP contribution in [0.3, 0.4) is 0 Å². The van der Waals surface area contributed by atoms with Crippen LogP contribution in [0.4, 0.5) is 5.69 Å². The molecule has 94 valence electrons. The molecule has 0 fully saturated rings. The Labute approximate surface area is 117 Å². The van der Waals surface area contributed by atoms with Gasteiger partial charge in [0.25, 0.3) is 0 Å². The second kappa shape index (κ2) is 5.37. The maximum absolute atomic E-state index is 3.67. The molecule has 0 saturated heterocycles. The third kappa shape index (κ3) is 2.43. The highest BCUT2D eigenvalue weighted by atomic mass is 32.2. The number of thioether (sulfide) groups is 1. The van der Waals surface area contributed by atoms with Crippen LogP contribution in [0.2, 0.25) is 0 Å². The van der Waals surface area contributed by atoms with Gasteiger partial charge in [0, 0.05) is 15.5 Å². The molecule has 0 saturated carbocycles. The lowest BCUT2D eigenvalue weighted by molar-refractivity contribution is 0.609. The highest BCUT2D eigenvalue weighted by Crippen LogP contribution is 2.35. The number of hydrogen-bond donors (Lipinski definition) is 1. The minimum atomic E-state index is 0.500. The Morgan fingerprint density at radius 1 is 1.22 bits per heavy atom. The van der Waals surface area contributed by atoms with Gasteiger partial charge in [-0.25, -0.2) is 0 Å². The first-order chi connectivity index (χ1) is 8.86. The van der Waals surface area contributed by atoms with Crippen molar-refractivity contribution in [3.63, 3.8) is 0 Å². The average Bonchev–Trinajstić information content (AvgIpc) is 2.89. The molecule has 1 atom stereocenters. The molecule has 1 aliphatic rings. The molecule has 0 aliphatic heterocycles. The van der Waals surface area contributed by atoms with Gasteiger partial charge < -0.3 is 5.32 Å². The van der Waals surface area contributed by atoms with Crippen molar-refractivity contribution in [1.29, 1.82) is 0 Å². The first kappa shape index (κ1) is 12.1. The largest absolute Gasteiger partial charge is 0.378 e. The van der Waals surface area contributed by atoms with Gasteiger partial charge in [0.05, 0.1) is 6.04 Å². The molecule has 1 aromatic carbocycles. The molecule has 18 heavy (non-hydrogen) atoms. The summed E-state index contributed by atoms with van der Waals surface area (Å²) in [5, 5.41) is 5.90. The van der Waals surface area contributed by atoms with Crippen molar-refractivity contribution in [2.75, 3.05) is 11.6 Å². The van der Waals surface area contributed by atoms with Gasteiger partial charge >= 0.3 is 0 Å². The van der Waals surface area contributed by atoms with Crippen molar-refractivity contribution in [3.05, 3.63) is 46.2 Å². The molecule has 1 N–H and O–H groups in total. The molecule has 3 heteroatoms. The van der Waals surface area contributed by atoms with Gasteiger partial charge in [-0.2, -0.15) is 0 Å². The van der Waals surface area contributed by atoms with Crippen LogP contribution in [0.5, 0.6) is 0 Å². The zero-order valence-corrected chi connectivity index (χ0v) is 12.1. The summed E-state index contributed by atoms with van der Waals surface area (Å²) in [6.45, 7) is 0. The number of benzene rings is 1. The van der Waals surface area contributed by atoms with Crippen LogP contribution in [-0.2, 0) is 6.42 Å². The molecule has 2 aromatic rings. The number of anilines is 1. The molecule has 1 unspecified atom stereocenters. The maximum atomic E-state index is 3.67. The van der Waals surface area contributed by atoms with Gasteiger partial charge in [0.15, 0.2) is 0 Å². The SMILES string of the molecule is CSc1ccc(NC2CCCc3sccc32)cc1. The number of hydrogen-bond acceptors (Lipinski definition) is 3. The molecule has 3 rings (SSSR count). The Kier molecular flexibility index (Phi) is 3.62. The van der Waals surface area contributed by atoms with Crippen molar-refractivity contribution < 1.29 is 0 Å². The summed E-state index contributed by atoms with van der Waals surface area (Å²) in [5.41, 5.74) is 2.75.